The van der Waals surface area contributed by atoms with Crippen LogP contribution in [0.2, 0.25) is 0 Å². The molecule has 0 spiro atoms. The first kappa shape index (κ1) is 12.9. The van der Waals surface area contributed by atoms with E-state index in [0.717, 1.165) is 19.6 Å². The summed E-state index contributed by atoms with van der Waals surface area (Å²) in [6, 6.07) is 5.99. The molecule has 1 aliphatic carbocycles. The van der Waals surface area contributed by atoms with Crippen LogP contribution in [0.3, 0.4) is 0 Å². The summed E-state index contributed by atoms with van der Waals surface area (Å²) in [6.45, 7) is 4.21. The lowest BCUT2D eigenvalue weighted by Crippen LogP contribution is -2.34. The van der Waals surface area contributed by atoms with Gasteiger partial charge in [-0.3, -0.25) is 5.32 Å². The van der Waals surface area contributed by atoms with Crippen LogP contribution in [0.25, 0.3) is 10.9 Å². The van der Waals surface area contributed by atoms with Crippen molar-refractivity contribution in [1.29, 1.82) is 0 Å². The molecule has 4 heteroatoms. The first-order valence-corrected chi connectivity index (χ1v) is 7.82. The highest BCUT2D eigenvalue weighted by Gasteiger charge is 2.30. The number of esters is 1. The summed E-state index contributed by atoms with van der Waals surface area (Å²) in [5, 5.41) is 4.75. The first-order valence-electron chi connectivity index (χ1n) is 7.82. The van der Waals surface area contributed by atoms with E-state index >= 15 is 0 Å². The van der Waals surface area contributed by atoms with E-state index in [2.05, 4.69) is 16.0 Å². The maximum Gasteiger partial charge on any atom is 0.338 e. The Kier molecular flexibility index (Phi) is 3.00. The number of hydrogen-bond donors (Lipinski definition) is 1. The van der Waals surface area contributed by atoms with Gasteiger partial charge in [0.1, 0.15) is 0 Å². The van der Waals surface area contributed by atoms with E-state index in [-0.39, 0.29) is 5.97 Å². The van der Waals surface area contributed by atoms with Crippen LogP contribution in [0, 0.1) is 0 Å². The van der Waals surface area contributed by atoms with E-state index in [1.165, 1.54) is 35.0 Å². The molecule has 0 bridgehead atoms. The minimum Gasteiger partial charge on any atom is -0.462 e. The SMILES string of the molecule is CCOC(=O)c1ccc2c(c1)c1c3n2CNCC3CCC1. The maximum atomic E-state index is 12.0. The van der Waals surface area contributed by atoms with Crippen LogP contribution in [0.1, 0.15) is 47.3 Å². The molecule has 0 radical (unpaired) electrons. The second kappa shape index (κ2) is 4.88. The van der Waals surface area contributed by atoms with Crippen molar-refractivity contribution >= 4 is 16.9 Å². The van der Waals surface area contributed by atoms with E-state index in [0.29, 0.717) is 18.1 Å². The average molecular weight is 284 g/mol. The Morgan fingerprint density at radius 1 is 1.48 bits per heavy atom. The Balaban J connectivity index is 1.90. The molecule has 0 fully saturated rings. The zero-order valence-electron chi connectivity index (χ0n) is 12.3. The van der Waals surface area contributed by atoms with E-state index in [9.17, 15) is 4.79 Å². The Bertz CT molecular complexity index is 715. The highest BCUT2D eigenvalue weighted by molar-refractivity contribution is 5.96. The number of fused-ring (bicyclic) bond motifs is 3. The summed E-state index contributed by atoms with van der Waals surface area (Å²) in [6.07, 6.45) is 3.63. The van der Waals surface area contributed by atoms with Crippen LogP contribution in [0.5, 0.6) is 0 Å². The van der Waals surface area contributed by atoms with Gasteiger partial charge in [0, 0.05) is 29.1 Å². The molecule has 110 valence electrons. The number of aryl methyl sites for hydroxylation is 1. The molecule has 4 rings (SSSR count). The second-order valence-electron chi connectivity index (χ2n) is 5.95. The molecule has 1 aliphatic heterocycles. The molecule has 4 nitrogen and oxygen atoms in total. The predicted molar refractivity (Wildman–Crippen MR) is 81.6 cm³/mol. The summed E-state index contributed by atoms with van der Waals surface area (Å²) in [5.41, 5.74) is 4.86. The number of aromatic nitrogens is 1. The van der Waals surface area contributed by atoms with Gasteiger partial charge in [-0.05, 0) is 49.9 Å². The van der Waals surface area contributed by atoms with E-state index < -0.39 is 0 Å². The normalized spacial score (nSPS) is 20.3. The molecule has 2 heterocycles. The molecule has 1 N–H and O–H groups in total. The van der Waals surface area contributed by atoms with Gasteiger partial charge in [0.2, 0.25) is 0 Å². The van der Waals surface area contributed by atoms with Crippen LogP contribution in [-0.2, 0) is 17.8 Å². The van der Waals surface area contributed by atoms with E-state index in [1.807, 2.05) is 19.1 Å². The van der Waals surface area contributed by atoms with Crippen LogP contribution < -0.4 is 5.32 Å². The van der Waals surface area contributed by atoms with E-state index in [1.54, 1.807) is 0 Å². The molecular weight excluding hydrogens is 264 g/mol. The predicted octanol–water partition coefficient (Wildman–Crippen LogP) is 2.80. The Morgan fingerprint density at radius 2 is 2.38 bits per heavy atom. The van der Waals surface area contributed by atoms with Gasteiger partial charge in [-0.2, -0.15) is 0 Å². The molecule has 1 atom stereocenters. The number of nitrogens with zero attached hydrogens (tertiary/aromatic N) is 1. The van der Waals surface area contributed by atoms with Crippen molar-refractivity contribution in [3.8, 4) is 0 Å². The molecule has 2 aromatic rings. The van der Waals surface area contributed by atoms with Gasteiger partial charge in [-0.15, -0.1) is 0 Å². The minimum atomic E-state index is -0.221. The molecular formula is C17H20N2O2. The van der Waals surface area contributed by atoms with Crippen molar-refractivity contribution in [3.63, 3.8) is 0 Å². The van der Waals surface area contributed by atoms with Crippen molar-refractivity contribution in [2.45, 2.75) is 38.8 Å². The number of carbonyl (C=O) groups excluding carboxylic acids is 1. The number of benzene rings is 1. The fraction of sp³-hybridized carbons (Fsp3) is 0.471. The largest absolute Gasteiger partial charge is 0.462 e. The number of rotatable bonds is 2. The number of ether oxygens (including phenoxy) is 1. The van der Waals surface area contributed by atoms with Gasteiger partial charge >= 0.3 is 5.97 Å². The topological polar surface area (TPSA) is 43.3 Å². The van der Waals surface area contributed by atoms with Gasteiger partial charge in [0.05, 0.1) is 18.8 Å². The molecule has 1 aromatic carbocycles. The zero-order valence-corrected chi connectivity index (χ0v) is 12.3. The lowest BCUT2D eigenvalue weighted by molar-refractivity contribution is 0.0526. The molecule has 1 aromatic heterocycles. The van der Waals surface area contributed by atoms with Crippen LogP contribution >= 0.6 is 0 Å². The number of hydrogen-bond acceptors (Lipinski definition) is 3. The number of nitrogens with one attached hydrogen (secondary N) is 1. The summed E-state index contributed by atoms with van der Waals surface area (Å²) in [7, 11) is 0. The molecule has 0 saturated heterocycles. The summed E-state index contributed by atoms with van der Waals surface area (Å²) < 4.78 is 7.53. The van der Waals surface area contributed by atoms with Crippen LogP contribution in [-0.4, -0.2) is 23.7 Å². The van der Waals surface area contributed by atoms with E-state index in [4.69, 9.17) is 4.74 Å². The van der Waals surface area contributed by atoms with Crippen molar-refractivity contribution in [1.82, 2.24) is 9.88 Å². The van der Waals surface area contributed by atoms with Crippen molar-refractivity contribution in [3.05, 3.63) is 35.0 Å². The lowest BCUT2D eigenvalue weighted by atomic mass is 9.86. The third-order valence-electron chi connectivity index (χ3n) is 4.75. The molecule has 21 heavy (non-hydrogen) atoms. The maximum absolute atomic E-state index is 12.0. The fourth-order valence-electron chi connectivity index (χ4n) is 3.90. The summed E-state index contributed by atoms with van der Waals surface area (Å²) in [5.74, 6) is 0.405. The second-order valence-corrected chi connectivity index (χ2v) is 5.95. The molecule has 2 aliphatic rings. The minimum absolute atomic E-state index is 0.221. The smallest absolute Gasteiger partial charge is 0.338 e. The number of carbonyl (C=O) groups is 1. The Hall–Kier alpha value is -1.81. The van der Waals surface area contributed by atoms with Gasteiger partial charge < -0.3 is 9.30 Å². The fourth-order valence-corrected chi connectivity index (χ4v) is 3.90. The van der Waals surface area contributed by atoms with Gasteiger partial charge in [-0.25, -0.2) is 4.79 Å². The van der Waals surface area contributed by atoms with Gasteiger partial charge in [-0.1, -0.05) is 0 Å². The van der Waals surface area contributed by atoms with Gasteiger partial charge in [0.25, 0.3) is 0 Å². The highest BCUT2D eigenvalue weighted by atomic mass is 16.5. The molecule has 1 unspecified atom stereocenters. The lowest BCUT2D eigenvalue weighted by Gasteiger charge is -2.30. The quantitative estimate of drug-likeness (QED) is 0.862. The van der Waals surface area contributed by atoms with Gasteiger partial charge in [0.15, 0.2) is 0 Å². The van der Waals surface area contributed by atoms with Crippen molar-refractivity contribution in [2.75, 3.05) is 13.2 Å². The Morgan fingerprint density at radius 3 is 3.24 bits per heavy atom. The summed E-state index contributed by atoms with van der Waals surface area (Å²) in [4.78, 5) is 12.0. The van der Waals surface area contributed by atoms with Crippen molar-refractivity contribution in [2.24, 2.45) is 0 Å². The summed E-state index contributed by atoms with van der Waals surface area (Å²) >= 11 is 0. The average Bonchev–Trinajstić information content (AvgIpc) is 2.84. The molecule has 0 saturated carbocycles. The third kappa shape index (κ3) is 1.89. The first-order chi connectivity index (χ1) is 10.3. The Labute approximate surface area is 124 Å². The van der Waals surface area contributed by atoms with Crippen molar-refractivity contribution < 1.29 is 9.53 Å². The third-order valence-corrected chi connectivity index (χ3v) is 4.75. The monoisotopic (exact) mass is 284 g/mol. The molecule has 0 amide bonds. The highest BCUT2D eigenvalue weighted by Crippen LogP contribution is 2.39. The van der Waals surface area contributed by atoms with Crippen LogP contribution in [0.15, 0.2) is 18.2 Å². The zero-order chi connectivity index (χ0) is 14.4. The standard InChI is InChI=1S/C17H20N2O2/c1-2-21-17(20)11-6-7-15-14(8-11)13-5-3-4-12-9-18-10-19(15)16(12)13/h6-8,12,18H,2-5,9-10H2,1H3. The van der Waals surface area contributed by atoms with Crippen LogP contribution in [0.4, 0.5) is 0 Å².